The van der Waals surface area contributed by atoms with E-state index in [9.17, 15) is 13.6 Å². The second kappa shape index (κ2) is 7.31. The molecule has 4 nitrogen and oxygen atoms in total. The van der Waals surface area contributed by atoms with Crippen molar-refractivity contribution in [2.45, 2.75) is 19.3 Å². The molecule has 0 atom stereocenters. The Morgan fingerprint density at radius 1 is 0.926 bits per heavy atom. The molecule has 1 aliphatic rings. The monoisotopic (exact) mass is 367 g/mol. The van der Waals surface area contributed by atoms with Crippen LogP contribution in [0.1, 0.15) is 29.8 Å². The number of halogens is 2. The number of nitrogens with zero attached hydrogens (tertiary/aromatic N) is 3. The van der Waals surface area contributed by atoms with E-state index in [4.69, 9.17) is 0 Å². The van der Waals surface area contributed by atoms with Gasteiger partial charge in [0.15, 0.2) is 0 Å². The summed E-state index contributed by atoms with van der Waals surface area (Å²) in [5, 5.41) is 4.46. The summed E-state index contributed by atoms with van der Waals surface area (Å²) >= 11 is 0. The first-order valence-corrected chi connectivity index (χ1v) is 9.04. The summed E-state index contributed by atoms with van der Waals surface area (Å²) in [7, 11) is 0. The van der Waals surface area contributed by atoms with E-state index in [1.807, 2.05) is 0 Å². The third kappa shape index (κ3) is 3.47. The Morgan fingerprint density at radius 3 is 2.33 bits per heavy atom. The van der Waals surface area contributed by atoms with Crippen LogP contribution in [0.15, 0.2) is 54.6 Å². The number of carbonyl (C=O) groups is 1. The molecular weight excluding hydrogens is 348 g/mol. The molecule has 1 amide bonds. The summed E-state index contributed by atoms with van der Waals surface area (Å²) in [6.45, 7) is 1.39. The summed E-state index contributed by atoms with van der Waals surface area (Å²) in [6.07, 6.45) is 3.05. The molecule has 4 rings (SSSR count). The molecular formula is C21H19F2N3O. The molecule has 27 heavy (non-hydrogen) atoms. The number of hydrogen-bond acceptors (Lipinski definition) is 2. The molecule has 0 saturated carbocycles. The van der Waals surface area contributed by atoms with Crippen molar-refractivity contribution in [3.63, 3.8) is 0 Å². The zero-order valence-electron chi connectivity index (χ0n) is 14.7. The standard InChI is InChI=1S/C21H19F2N3O/c22-15-8-10-16(11-9-15)26-20(21(27)25-12-4-1-5-13-25)14-19(24-26)17-6-2-3-7-18(17)23/h2-3,6-11,14H,1,4-5,12-13H2. The minimum atomic E-state index is -0.404. The van der Waals surface area contributed by atoms with E-state index >= 15 is 0 Å². The van der Waals surface area contributed by atoms with Gasteiger partial charge in [-0.05, 0) is 61.7 Å². The molecule has 1 aromatic heterocycles. The predicted molar refractivity (Wildman–Crippen MR) is 98.7 cm³/mol. The second-order valence-corrected chi connectivity index (χ2v) is 6.64. The Kier molecular flexibility index (Phi) is 4.71. The Balaban J connectivity index is 1.81. The molecule has 1 fully saturated rings. The highest BCUT2D eigenvalue weighted by molar-refractivity contribution is 5.94. The lowest BCUT2D eigenvalue weighted by Gasteiger charge is -2.26. The maximum Gasteiger partial charge on any atom is 0.272 e. The maximum atomic E-state index is 14.2. The fraction of sp³-hybridized carbons (Fsp3) is 0.238. The van der Waals surface area contributed by atoms with E-state index in [1.165, 1.54) is 22.9 Å². The van der Waals surface area contributed by atoms with Crippen LogP contribution in [0.5, 0.6) is 0 Å². The van der Waals surface area contributed by atoms with Crippen molar-refractivity contribution in [3.8, 4) is 16.9 Å². The number of rotatable bonds is 3. The lowest BCUT2D eigenvalue weighted by atomic mass is 10.1. The lowest BCUT2D eigenvalue weighted by Crippen LogP contribution is -2.36. The van der Waals surface area contributed by atoms with E-state index in [1.54, 1.807) is 41.3 Å². The van der Waals surface area contributed by atoms with E-state index in [0.29, 0.717) is 35.7 Å². The van der Waals surface area contributed by atoms with Gasteiger partial charge in [0.2, 0.25) is 0 Å². The summed E-state index contributed by atoms with van der Waals surface area (Å²) in [6, 6.07) is 13.7. The van der Waals surface area contributed by atoms with Crippen LogP contribution in [0.25, 0.3) is 16.9 Å². The SMILES string of the molecule is O=C(c1cc(-c2ccccc2F)nn1-c1ccc(F)cc1)N1CCCCC1. The molecule has 138 valence electrons. The van der Waals surface area contributed by atoms with E-state index in [-0.39, 0.29) is 11.7 Å². The van der Waals surface area contributed by atoms with Crippen LogP contribution in [0, 0.1) is 11.6 Å². The van der Waals surface area contributed by atoms with Crippen molar-refractivity contribution in [1.29, 1.82) is 0 Å². The Morgan fingerprint density at radius 2 is 1.63 bits per heavy atom. The van der Waals surface area contributed by atoms with Crippen molar-refractivity contribution < 1.29 is 13.6 Å². The van der Waals surface area contributed by atoms with Gasteiger partial charge in [-0.3, -0.25) is 4.79 Å². The van der Waals surface area contributed by atoms with Gasteiger partial charge in [0.05, 0.1) is 11.4 Å². The van der Waals surface area contributed by atoms with Crippen molar-refractivity contribution in [2.75, 3.05) is 13.1 Å². The van der Waals surface area contributed by atoms with E-state index < -0.39 is 5.82 Å². The van der Waals surface area contributed by atoms with Crippen molar-refractivity contribution in [2.24, 2.45) is 0 Å². The molecule has 1 saturated heterocycles. The quantitative estimate of drug-likeness (QED) is 0.686. The van der Waals surface area contributed by atoms with Gasteiger partial charge in [0.1, 0.15) is 17.3 Å². The first-order valence-electron chi connectivity index (χ1n) is 9.04. The van der Waals surface area contributed by atoms with Crippen LogP contribution in [0.3, 0.4) is 0 Å². The minimum Gasteiger partial charge on any atom is -0.337 e. The van der Waals surface area contributed by atoms with E-state index in [0.717, 1.165) is 19.3 Å². The van der Waals surface area contributed by atoms with Gasteiger partial charge >= 0.3 is 0 Å². The highest BCUT2D eigenvalue weighted by Gasteiger charge is 2.24. The Hall–Kier alpha value is -3.02. The van der Waals surface area contributed by atoms with Crippen molar-refractivity contribution in [1.82, 2.24) is 14.7 Å². The molecule has 0 N–H and O–H groups in total. The number of likely N-dealkylation sites (tertiary alicyclic amines) is 1. The number of carbonyl (C=O) groups excluding carboxylic acids is 1. The number of aromatic nitrogens is 2. The van der Waals surface area contributed by atoms with Crippen LogP contribution < -0.4 is 0 Å². The van der Waals surface area contributed by atoms with Gasteiger partial charge in [-0.1, -0.05) is 12.1 Å². The average molecular weight is 367 g/mol. The molecule has 2 heterocycles. The van der Waals surface area contributed by atoms with Crippen LogP contribution in [0.4, 0.5) is 8.78 Å². The minimum absolute atomic E-state index is 0.144. The number of benzene rings is 2. The molecule has 0 radical (unpaired) electrons. The first-order chi connectivity index (χ1) is 13.1. The first kappa shape index (κ1) is 17.4. The predicted octanol–water partition coefficient (Wildman–Crippen LogP) is 4.44. The smallest absolute Gasteiger partial charge is 0.272 e. The molecule has 0 bridgehead atoms. The fourth-order valence-corrected chi connectivity index (χ4v) is 3.37. The number of piperidine rings is 1. The fourth-order valence-electron chi connectivity index (χ4n) is 3.37. The zero-order chi connectivity index (χ0) is 18.8. The van der Waals surface area contributed by atoms with Gasteiger partial charge in [-0.15, -0.1) is 0 Å². The molecule has 2 aromatic carbocycles. The largest absolute Gasteiger partial charge is 0.337 e. The molecule has 1 aliphatic heterocycles. The Bertz CT molecular complexity index is 960. The summed E-state index contributed by atoms with van der Waals surface area (Å²) in [4.78, 5) is 14.9. The molecule has 0 spiro atoms. The summed E-state index contributed by atoms with van der Waals surface area (Å²) in [5.41, 5.74) is 1.60. The number of hydrogen-bond donors (Lipinski definition) is 0. The van der Waals surface area contributed by atoms with Crippen molar-refractivity contribution >= 4 is 5.91 Å². The van der Waals surface area contributed by atoms with Crippen LogP contribution in [-0.4, -0.2) is 33.7 Å². The number of amides is 1. The van der Waals surface area contributed by atoms with Crippen LogP contribution in [0.2, 0.25) is 0 Å². The normalized spacial score (nSPS) is 14.4. The zero-order valence-corrected chi connectivity index (χ0v) is 14.7. The second-order valence-electron chi connectivity index (χ2n) is 6.64. The topological polar surface area (TPSA) is 38.1 Å². The Labute approximate surface area is 156 Å². The average Bonchev–Trinajstić information content (AvgIpc) is 3.14. The van der Waals surface area contributed by atoms with Crippen LogP contribution in [-0.2, 0) is 0 Å². The summed E-state index contributed by atoms with van der Waals surface area (Å²) in [5.74, 6) is -0.920. The van der Waals surface area contributed by atoms with Crippen LogP contribution >= 0.6 is 0 Å². The molecule has 3 aromatic rings. The van der Waals surface area contributed by atoms with Crippen molar-refractivity contribution in [3.05, 3.63) is 71.9 Å². The molecule has 0 unspecified atom stereocenters. The lowest BCUT2D eigenvalue weighted by molar-refractivity contribution is 0.0715. The summed E-state index contributed by atoms with van der Waals surface area (Å²) < 4.78 is 29.0. The highest BCUT2D eigenvalue weighted by atomic mass is 19.1. The van der Waals surface area contributed by atoms with Gasteiger partial charge in [0, 0.05) is 18.7 Å². The highest BCUT2D eigenvalue weighted by Crippen LogP contribution is 2.25. The van der Waals surface area contributed by atoms with Gasteiger partial charge in [0.25, 0.3) is 5.91 Å². The van der Waals surface area contributed by atoms with E-state index in [2.05, 4.69) is 5.10 Å². The maximum absolute atomic E-state index is 14.2. The van der Waals surface area contributed by atoms with Gasteiger partial charge < -0.3 is 4.90 Å². The molecule has 6 heteroatoms. The molecule has 0 aliphatic carbocycles. The third-order valence-corrected chi connectivity index (χ3v) is 4.79. The van der Waals surface area contributed by atoms with Gasteiger partial charge in [-0.2, -0.15) is 5.10 Å². The third-order valence-electron chi connectivity index (χ3n) is 4.79. The van der Waals surface area contributed by atoms with Gasteiger partial charge in [-0.25, -0.2) is 13.5 Å².